The summed E-state index contributed by atoms with van der Waals surface area (Å²) in [6.45, 7) is 2.84. The van der Waals surface area contributed by atoms with E-state index in [4.69, 9.17) is 10.2 Å². The highest BCUT2D eigenvalue weighted by atomic mass is 16.3. The van der Waals surface area contributed by atoms with E-state index in [0.29, 0.717) is 11.1 Å². The molecule has 1 rings (SSSR count). The lowest BCUT2D eigenvalue weighted by Gasteiger charge is -2.00. The van der Waals surface area contributed by atoms with Gasteiger partial charge >= 0.3 is 0 Å². The maximum atomic E-state index is 11.0. The van der Waals surface area contributed by atoms with E-state index in [9.17, 15) is 4.79 Å². The monoisotopic (exact) mass is 178 g/mol. The third-order valence-corrected chi connectivity index (χ3v) is 1.68. The molecule has 0 aliphatic heterocycles. The van der Waals surface area contributed by atoms with Gasteiger partial charge in [-0.15, -0.1) is 0 Å². The van der Waals surface area contributed by atoms with Crippen molar-refractivity contribution in [2.24, 2.45) is 0 Å². The first kappa shape index (κ1) is 9.48. The van der Waals surface area contributed by atoms with E-state index in [0.717, 1.165) is 0 Å². The summed E-state index contributed by atoms with van der Waals surface area (Å²) in [5.41, 5.74) is 0.988. The Morgan fingerprint density at radius 1 is 1.23 bits per heavy atom. The number of Topliss-reactive ketones (excluding diaryl/α,β-unsaturated/α-hetero) is 1. The Kier molecular flexibility index (Phi) is 2.82. The first-order valence-electron chi connectivity index (χ1n) is 3.77. The highest BCUT2D eigenvalue weighted by Gasteiger charge is 2.03. The second kappa shape index (κ2) is 3.87. The minimum absolute atomic E-state index is 0.0389. The van der Waals surface area contributed by atoms with Gasteiger partial charge in [0.2, 0.25) is 0 Å². The zero-order valence-electron chi connectivity index (χ0n) is 7.03. The van der Waals surface area contributed by atoms with Crippen molar-refractivity contribution < 1.29 is 15.0 Å². The molecule has 3 heteroatoms. The van der Waals surface area contributed by atoms with Crippen LogP contribution in [-0.2, 0) is 0 Å². The van der Waals surface area contributed by atoms with Gasteiger partial charge in [0.15, 0.2) is 5.78 Å². The maximum absolute atomic E-state index is 11.0. The van der Waals surface area contributed by atoms with Gasteiger partial charge in [-0.05, 0) is 0 Å². The highest BCUT2D eigenvalue weighted by Crippen LogP contribution is 2.10. The summed E-state index contributed by atoms with van der Waals surface area (Å²) >= 11 is 0. The van der Waals surface area contributed by atoms with Gasteiger partial charge in [0.1, 0.15) is 12.4 Å². The molecule has 0 bridgehead atoms. The molecule has 0 saturated heterocycles. The number of hydrogen-bond acceptors (Lipinski definition) is 3. The summed E-state index contributed by atoms with van der Waals surface area (Å²) in [5.74, 6) is -0.377. The minimum Gasteiger partial charge on any atom is -0.508 e. The number of benzene rings is 1. The molecule has 0 atom stereocenters. The van der Waals surface area contributed by atoms with E-state index >= 15 is 0 Å². The molecule has 0 fully saturated rings. The average Bonchev–Trinajstić information content (AvgIpc) is 2.17. The predicted octanol–water partition coefficient (Wildman–Crippen LogP) is 1.39. The van der Waals surface area contributed by atoms with Crippen LogP contribution in [-0.4, -0.2) is 22.6 Å². The molecule has 0 aliphatic carbocycles. The summed E-state index contributed by atoms with van der Waals surface area (Å²) in [6, 6.07) is 6.22. The van der Waals surface area contributed by atoms with Crippen molar-refractivity contribution in [2.75, 3.05) is 6.61 Å². The summed E-state index contributed by atoms with van der Waals surface area (Å²) in [7, 11) is 0. The van der Waals surface area contributed by atoms with Crippen LogP contribution in [0.15, 0.2) is 30.8 Å². The molecule has 68 valence electrons. The van der Waals surface area contributed by atoms with E-state index in [2.05, 4.69) is 6.58 Å². The average molecular weight is 178 g/mol. The van der Waals surface area contributed by atoms with E-state index < -0.39 is 6.61 Å². The SMILES string of the molecule is C=C(O)c1ccc(C(=O)CO)cc1. The van der Waals surface area contributed by atoms with Crippen LogP contribution in [0, 0.1) is 0 Å². The van der Waals surface area contributed by atoms with Gasteiger partial charge < -0.3 is 10.2 Å². The van der Waals surface area contributed by atoms with Crippen molar-refractivity contribution in [2.45, 2.75) is 0 Å². The lowest BCUT2D eigenvalue weighted by molar-refractivity contribution is 0.0903. The molecule has 0 aromatic heterocycles. The quantitative estimate of drug-likeness (QED) is 0.543. The molecule has 2 N–H and O–H groups in total. The molecule has 0 amide bonds. The smallest absolute Gasteiger partial charge is 0.188 e. The van der Waals surface area contributed by atoms with Crippen LogP contribution >= 0.6 is 0 Å². The second-order valence-electron chi connectivity index (χ2n) is 2.61. The number of aliphatic hydroxyl groups is 2. The van der Waals surface area contributed by atoms with Crippen LogP contribution in [0.4, 0.5) is 0 Å². The normalized spacial score (nSPS) is 9.62. The Bertz CT molecular complexity index is 325. The van der Waals surface area contributed by atoms with Crippen LogP contribution in [0.1, 0.15) is 15.9 Å². The standard InChI is InChI=1S/C10H10O3/c1-7(12)8-2-4-9(5-3-8)10(13)6-11/h2-5,11-12H,1,6H2. The van der Waals surface area contributed by atoms with Crippen molar-refractivity contribution in [3.63, 3.8) is 0 Å². The number of rotatable bonds is 3. The summed E-state index contributed by atoms with van der Waals surface area (Å²) in [6.07, 6.45) is 0. The van der Waals surface area contributed by atoms with Crippen molar-refractivity contribution >= 4 is 11.5 Å². The van der Waals surface area contributed by atoms with Crippen molar-refractivity contribution in [1.29, 1.82) is 0 Å². The van der Waals surface area contributed by atoms with Crippen LogP contribution in [0.5, 0.6) is 0 Å². The Morgan fingerprint density at radius 3 is 2.08 bits per heavy atom. The van der Waals surface area contributed by atoms with Crippen LogP contribution in [0.25, 0.3) is 5.76 Å². The zero-order valence-corrected chi connectivity index (χ0v) is 7.03. The minimum atomic E-state index is -0.501. The van der Waals surface area contributed by atoms with Gasteiger partial charge in [0, 0.05) is 11.1 Å². The fourth-order valence-electron chi connectivity index (χ4n) is 0.940. The Labute approximate surface area is 76.0 Å². The molecule has 0 aliphatic rings. The van der Waals surface area contributed by atoms with Gasteiger partial charge in [-0.25, -0.2) is 0 Å². The highest BCUT2D eigenvalue weighted by molar-refractivity contribution is 5.97. The molecule has 1 aromatic carbocycles. The Morgan fingerprint density at radius 2 is 1.69 bits per heavy atom. The van der Waals surface area contributed by atoms with E-state index in [1.165, 1.54) is 12.1 Å². The molecule has 0 spiro atoms. The van der Waals surface area contributed by atoms with Crippen LogP contribution < -0.4 is 0 Å². The Balaban J connectivity index is 2.93. The third-order valence-electron chi connectivity index (χ3n) is 1.68. The van der Waals surface area contributed by atoms with Crippen molar-refractivity contribution in [1.82, 2.24) is 0 Å². The van der Waals surface area contributed by atoms with Crippen molar-refractivity contribution in [3.05, 3.63) is 42.0 Å². The zero-order chi connectivity index (χ0) is 9.84. The molecule has 0 heterocycles. The summed E-state index contributed by atoms with van der Waals surface area (Å²) in [5, 5.41) is 17.5. The van der Waals surface area contributed by atoms with E-state index in [1.807, 2.05) is 0 Å². The number of ketones is 1. The first-order valence-corrected chi connectivity index (χ1v) is 3.77. The summed E-state index contributed by atoms with van der Waals surface area (Å²) in [4.78, 5) is 11.0. The van der Waals surface area contributed by atoms with E-state index in [-0.39, 0.29) is 11.5 Å². The number of carbonyl (C=O) groups excluding carboxylic acids is 1. The van der Waals surface area contributed by atoms with Gasteiger partial charge in [-0.3, -0.25) is 4.79 Å². The first-order chi connectivity index (χ1) is 6.15. The third kappa shape index (κ3) is 2.16. The molecular formula is C10H10O3. The van der Waals surface area contributed by atoms with Crippen LogP contribution in [0.3, 0.4) is 0 Å². The Hall–Kier alpha value is -1.61. The fraction of sp³-hybridized carbons (Fsp3) is 0.100. The lowest BCUT2D eigenvalue weighted by atomic mass is 10.1. The molecule has 0 radical (unpaired) electrons. The molecule has 13 heavy (non-hydrogen) atoms. The number of aliphatic hydroxyl groups excluding tert-OH is 2. The van der Waals surface area contributed by atoms with Gasteiger partial charge in [-0.1, -0.05) is 30.8 Å². The van der Waals surface area contributed by atoms with Gasteiger partial charge in [-0.2, -0.15) is 0 Å². The second-order valence-corrected chi connectivity index (χ2v) is 2.61. The molecule has 0 unspecified atom stereocenters. The topological polar surface area (TPSA) is 57.5 Å². The number of hydrogen-bond donors (Lipinski definition) is 2. The molecular weight excluding hydrogens is 168 g/mol. The molecule has 3 nitrogen and oxygen atoms in total. The fourth-order valence-corrected chi connectivity index (χ4v) is 0.940. The lowest BCUT2D eigenvalue weighted by Crippen LogP contribution is -2.03. The van der Waals surface area contributed by atoms with Crippen LogP contribution in [0.2, 0.25) is 0 Å². The molecule has 0 saturated carbocycles. The van der Waals surface area contributed by atoms with Gasteiger partial charge in [0.25, 0.3) is 0 Å². The predicted molar refractivity (Wildman–Crippen MR) is 49.5 cm³/mol. The largest absolute Gasteiger partial charge is 0.508 e. The van der Waals surface area contributed by atoms with Crippen molar-refractivity contribution in [3.8, 4) is 0 Å². The van der Waals surface area contributed by atoms with Gasteiger partial charge in [0.05, 0.1) is 0 Å². The molecule has 1 aromatic rings. The maximum Gasteiger partial charge on any atom is 0.188 e. The number of carbonyl (C=O) groups is 1. The summed E-state index contributed by atoms with van der Waals surface area (Å²) < 4.78 is 0. The van der Waals surface area contributed by atoms with E-state index in [1.54, 1.807) is 12.1 Å².